The third-order valence-corrected chi connectivity index (χ3v) is 2.48. The van der Waals surface area contributed by atoms with Crippen molar-refractivity contribution in [2.45, 2.75) is 0 Å². The molecule has 0 fully saturated rings. The van der Waals surface area contributed by atoms with Crippen molar-refractivity contribution in [1.82, 2.24) is 0 Å². The number of nitrogens with zero attached hydrogens (tertiary/aromatic N) is 2. The number of nitro groups is 2. The molecule has 0 unspecified atom stereocenters. The number of hydrogen-bond acceptors (Lipinski definition) is 5. The first kappa shape index (κ1) is 11.5. The molecule has 1 rings (SSSR count). The Morgan fingerprint density at radius 1 is 1.13 bits per heavy atom. The summed E-state index contributed by atoms with van der Waals surface area (Å²) in [5, 5.41) is 21.0. The molecule has 1 aromatic rings. The van der Waals surface area contributed by atoms with Crippen LogP contribution in [0.15, 0.2) is 12.1 Å². The van der Waals surface area contributed by atoms with Crippen molar-refractivity contribution in [2.75, 3.05) is 0 Å². The Morgan fingerprint density at radius 3 is 2.07 bits per heavy atom. The highest BCUT2D eigenvalue weighted by Crippen LogP contribution is 2.28. The Hall–Kier alpha value is -1.58. The molecular formula is C7H3IN2O5. The van der Waals surface area contributed by atoms with Gasteiger partial charge in [-0.1, -0.05) is 0 Å². The van der Waals surface area contributed by atoms with Crippen molar-refractivity contribution < 1.29 is 14.6 Å². The van der Waals surface area contributed by atoms with Gasteiger partial charge in [-0.05, 0) is 28.7 Å². The molecule has 0 N–H and O–H groups in total. The minimum absolute atomic E-state index is 0.171. The summed E-state index contributed by atoms with van der Waals surface area (Å²) < 4.78 is 0.185. The van der Waals surface area contributed by atoms with E-state index in [0.717, 1.165) is 12.1 Å². The maximum atomic E-state index is 10.5. The summed E-state index contributed by atoms with van der Waals surface area (Å²) in [5.41, 5.74) is -1.11. The molecule has 0 aromatic heterocycles. The van der Waals surface area contributed by atoms with Gasteiger partial charge < -0.3 is 0 Å². The molecule has 0 radical (unpaired) electrons. The second-order valence-electron chi connectivity index (χ2n) is 2.49. The average molecular weight is 322 g/mol. The number of carbonyl (C=O) groups is 1. The van der Waals surface area contributed by atoms with Crippen molar-refractivity contribution >= 4 is 40.3 Å². The van der Waals surface area contributed by atoms with Crippen molar-refractivity contribution in [3.8, 4) is 0 Å². The Balaban J connectivity index is 3.50. The lowest BCUT2D eigenvalue weighted by Crippen LogP contribution is -1.99. The van der Waals surface area contributed by atoms with E-state index in [0.29, 0.717) is 6.29 Å². The van der Waals surface area contributed by atoms with E-state index in [9.17, 15) is 25.0 Å². The predicted molar refractivity (Wildman–Crippen MR) is 57.9 cm³/mol. The summed E-state index contributed by atoms with van der Waals surface area (Å²) in [6.07, 6.45) is 0.296. The van der Waals surface area contributed by atoms with Crippen molar-refractivity contribution in [2.24, 2.45) is 0 Å². The van der Waals surface area contributed by atoms with E-state index in [1.54, 1.807) is 22.6 Å². The van der Waals surface area contributed by atoms with Gasteiger partial charge in [0.15, 0.2) is 6.29 Å². The van der Waals surface area contributed by atoms with Gasteiger partial charge in [0.1, 0.15) is 0 Å². The van der Waals surface area contributed by atoms with Gasteiger partial charge in [0.25, 0.3) is 11.4 Å². The van der Waals surface area contributed by atoms with Crippen molar-refractivity contribution in [3.05, 3.63) is 41.5 Å². The van der Waals surface area contributed by atoms with Gasteiger partial charge in [-0.3, -0.25) is 25.0 Å². The van der Waals surface area contributed by atoms with Gasteiger partial charge in [0.2, 0.25) is 0 Å². The second kappa shape index (κ2) is 4.29. The predicted octanol–water partition coefficient (Wildman–Crippen LogP) is 1.92. The summed E-state index contributed by atoms with van der Waals surface area (Å²) in [6.45, 7) is 0. The van der Waals surface area contributed by atoms with Gasteiger partial charge >= 0.3 is 0 Å². The minimum Gasteiger partial charge on any atom is -0.298 e. The van der Waals surface area contributed by atoms with Crippen LogP contribution in [0.25, 0.3) is 0 Å². The molecule has 0 spiro atoms. The first-order valence-corrected chi connectivity index (χ1v) is 4.62. The summed E-state index contributed by atoms with van der Waals surface area (Å²) in [6, 6.07) is 1.90. The summed E-state index contributed by atoms with van der Waals surface area (Å²) >= 11 is 1.64. The highest BCUT2D eigenvalue weighted by Gasteiger charge is 2.22. The molecule has 0 saturated carbocycles. The molecule has 0 aliphatic heterocycles. The maximum Gasteiger partial charge on any atom is 0.289 e. The molecule has 0 aliphatic carbocycles. The van der Waals surface area contributed by atoms with E-state index in [-0.39, 0.29) is 14.8 Å². The Labute approximate surface area is 96.5 Å². The molecule has 15 heavy (non-hydrogen) atoms. The SMILES string of the molecule is O=Cc1cc(I)c([N+](=O)[O-])cc1[N+](=O)[O-]. The van der Waals surface area contributed by atoms with Crippen molar-refractivity contribution in [3.63, 3.8) is 0 Å². The van der Waals surface area contributed by atoms with Crippen LogP contribution in [0.4, 0.5) is 11.4 Å². The monoisotopic (exact) mass is 322 g/mol. The number of carbonyl (C=O) groups excluding carboxylic acids is 1. The number of nitro benzene ring substituents is 2. The number of rotatable bonds is 3. The largest absolute Gasteiger partial charge is 0.298 e. The second-order valence-corrected chi connectivity index (χ2v) is 3.66. The van der Waals surface area contributed by atoms with Gasteiger partial charge in [-0.15, -0.1) is 0 Å². The Bertz CT molecular complexity index is 459. The van der Waals surface area contributed by atoms with E-state index in [2.05, 4.69) is 0 Å². The lowest BCUT2D eigenvalue weighted by Gasteiger charge is -1.98. The topological polar surface area (TPSA) is 103 Å². The van der Waals surface area contributed by atoms with Crippen LogP contribution in [0.2, 0.25) is 0 Å². The zero-order valence-electron chi connectivity index (χ0n) is 7.05. The minimum atomic E-state index is -0.827. The lowest BCUT2D eigenvalue weighted by atomic mass is 10.2. The summed E-state index contributed by atoms with van der Waals surface area (Å²) in [7, 11) is 0. The normalized spacial score (nSPS) is 9.67. The van der Waals surface area contributed by atoms with Crippen LogP contribution in [0.3, 0.4) is 0 Å². The quantitative estimate of drug-likeness (QED) is 0.366. The molecule has 78 valence electrons. The van der Waals surface area contributed by atoms with E-state index in [1.165, 1.54) is 0 Å². The van der Waals surface area contributed by atoms with Crippen LogP contribution >= 0.6 is 22.6 Å². The number of halogens is 1. The molecular weight excluding hydrogens is 319 g/mol. The molecule has 0 bridgehead atoms. The third kappa shape index (κ3) is 2.26. The van der Waals surface area contributed by atoms with Crippen LogP contribution < -0.4 is 0 Å². The smallest absolute Gasteiger partial charge is 0.289 e. The molecule has 0 atom stereocenters. The highest BCUT2D eigenvalue weighted by molar-refractivity contribution is 14.1. The van der Waals surface area contributed by atoms with E-state index < -0.39 is 15.5 Å². The molecule has 7 nitrogen and oxygen atoms in total. The molecule has 0 saturated heterocycles. The van der Waals surface area contributed by atoms with Gasteiger partial charge in [-0.25, -0.2) is 0 Å². The number of benzene rings is 1. The number of hydrogen-bond donors (Lipinski definition) is 0. The van der Waals surface area contributed by atoms with Gasteiger partial charge in [-0.2, -0.15) is 0 Å². The standard InChI is InChI=1S/C7H3IN2O5/c8-5-1-4(3-11)6(9(12)13)2-7(5)10(14)15/h1-3H. The molecule has 0 aliphatic rings. The molecule has 1 aromatic carbocycles. The van der Waals surface area contributed by atoms with E-state index >= 15 is 0 Å². The first-order chi connectivity index (χ1) is 6.97. The highest BCUT2D eigenvalue weighted by atomic mass is 127. The Kier molecular flexibility index (Phi) is 3.29. The van der Waals surface area contributed by atoms with Gasteiger partial charge in [0, 0.05) is 0 Å². The maximum absolute atomic E-state index is 10.5. The first-order valence-electron chi connectivity index (χ1n) is 3.55. The molecule has 0 heterocycles. The summed E-state index contributed by atoms with van der Waals surface area (Å²) in [5.74, 6) is 0. The zero-order chi connectivity index (χ0) is 11.6. The van der Waals surface area contributed by atoms with Crippen LogP contribution in [0.1, 0.15) is 10.4 Å². The fourth-order valence-corrected chi connectivity index (χ4v) is 1.65. The van der Waals surface area contributed by atoms with E-state index in [4.69, 9.17) is 0 Å². The molecule has 0 amide bonds. The fraction of sp³-hybridized carbons (Fsp3) is 0. The number of aldehydes is 1. The zero-order valence-corrected chi connectivity index (χ0v) is 9.20. The summed E-state index contributed by atoms with van der Waals surface area (Å²) in [4.78, 5) is 29.9. The fourth-order valence-electron chi connectivity index (χ4n) is 0.959. The van der Waals surface area contributed by atoms with E-state index in [1.807, 2.05) is 0 Å². The average Bonchev–Trinajstić information content (AvgIpc) is 2.16. The lowest BCUT2D eigenvalue weighted by molar-refractivity contribution is -0.394. The van der Waals surface area contributed by atoms with Crippen molar-refractivity contribution in [1.29, 1.82) is 0 Å². The molecule has 8 heteroatoms. The van der Waals surface area contributed by atoms with Crippen LogP contribution in [-0.4, -0.2) is 16.1 Å². The van der Waals surface area contributed by atoms with Crippen LogP contribution in [0.5, 0.6) is 0 Å². The van der Waals surface area contributed by atoms with Crippen LogP contribution in [-0.2, 0) is 0 Å². The third-order valence-electron chi connectivity index (χ3n) is 1.62. The van der Waals surface area contributed by atoms with Crippen LogP contribution in [0, 0.1) is 23.8 Å². The van der Waals surface area contributed by atoms with Gasteiger partial charge in [0.05, 0.1) is 25.0 Å². The Morgan fingerprint density at radius 2 is 1.67 bits per heavy atom.